The van der Waals surface area contributed by atoms with Gasteiger partial charge in [0.2, 0.25) is 0 Å². The Morgan fingerprint density at radius 1 is 0.532 bits per heavy atom. The molecule has 2 aromatic heterocycles. The van der Waals surface area contributed by atoms with Crippen molar-refractivity contribution < 1.29 is 82.0 Å². The van der Waals surface area contributed by atoms with Crippen LogP contribution in [-0.2, 0) is 67.8 Å². The van der Waals surface area contributed by atoms with Gasteiger partial charge in [0.05, 0.1) is 62.9 Å². The van der Waals surface area contributed by atoms with E-state index in [-0.39, 0.29) is 69.6 Å². The van der Waals surface area contributed by atoms with Gasteiger partial charge in [-0.05, 0) is 108 Å². The van der Waals surface area contributed by atoms with E-state index in [9.17, 15) is 55.1 Å². The zero-order valence-corrected chi connectivity index (χ0v) is 52.0. The van der Waals surface area contributed by atoms with Gasteiger partial charge in [-0.3, -0.25) is 19.2 Å². The summed E-state index contributed by atoms with van der Waals surface area (Å²) >= 11 is 0. The number of ether oxygens (including phenoxy) is 4. The number of esters is 2. The molecule has 2 aliphatic rings. The Balaban J connectivity index is 0.000000221. The molecule has 26 heteroatoms. The van der Waals surface area contributed by atoms with Crippen LogP contribution in [0.25, 0.3) is 43.8 Å². The van der Waals surface area contributed by atoms with Crippen molar-refractivity contribution in [3.8, 4) is 22.3 Å². The van der Waals surface area contributed by atoms with Crippen molar-refractivity contribution in [2.24, 2.45) is 14.1 Å². The molecule has 0 bridgehead atoms. The van der Waals surface area contributed by atoms with E-state index in [2.05, 4.69) is 10.6 Å². The van der Waals surface area contributed by atoms with Crippen LogP contribution in [0.3, 0.4) is 0 Å². The maximum Gasteiger partial charge on any atom is 0.417 e. The molecular weight excluding hydrogens is 1250 g/mol. The van der Waals surface area contributed by atoms with Crippen LogP contribution in [0.2, 0.25) is 0 Å². The van der Waals surface area contributed by atoms with Crippen molar-refractivity contribution in [3.63, 3.8) is 0 Å². The van der Waals surface area contributed by atoms with Crippen LogP contribution in [0.4, 0.5) is 55.3 Å². The minimum absolute atomic E-state index is 0.0229. The third-order valence-electron chi connectivity index (χ3n) is 16.9. The number of alkyl halides is 6. The highest BCUT2D eigenvalue weighted by molar-refractivity contribution is 6.02. The number of carbonyl (C=O) groups excluding carboxylic acids is 4. The van der Waals surface area contributed by atoms with Gasteiger partial charge in [0, 0.05) is 74.9 Å². The second-order valence-electron chi connectivity index (χ2n) is 22.8. The number of aromatic nitrogens is 2. The molecule has 0 spiro atoms. The molecule has 0 radical (unpaired) electrons. The number of halogens is 10. The van der Waals surface area contributed by atoms with E-state index in [1.165, 1.54) is 52.2 Å². The Morgan fingerprint density at radius 3 is 1.17 bits per heavy atom. The molecule has 0 unspecified atom stereocenters. The van der Waals surface area contributed by atoms with Crippen molar-refractivity contribution in [2.45, 2.75) is 77.1 Å². The number of nitrogens with zero attached hydrogens (tertiary/aromatic N) is 4. The first-order chi connectivity index (χ1) is 44.4. The SMILES string of the molecule is COC(=O)[C@H](Cc1ccc(-c2c(C(F)(F)F)cc(C)n(C)c2=O)c2ccccc12)NC(=O)c1c(F)cc(N2CCOC[C@@H]2C)cc1F.COC(=O)[C@H](Cc1ccc(-c2c(C(F)(F)F)cc(C)n(C)c2=O)c2ccccc12)NC(=O)c1c(F)cc(N2CCOC[C@@H]2C)cc1F. The number of aryl methyl sites for hydroxylation is 2. The lowest BCUT2D eigenvalue weighted by Crippen LogP contribution is -2.44. The second-order valence-corrected chi connectivity index (χ2v) is 22.8. The first-order valence-electron chi connectivity index (χ1n) is 29.5. The summed E-state index contributed by atoms with van der Waals surface area (Å²) in [5, 5.41) is 6.08. The number of nitrogens with one attached hydrogen (secondary N) is 2. The smallest absolute Gasteiger partial charge is 0.417 e. The summed E-state index contributed by atoms with van der Waals surface area (Å²) in [6.07, 6.45) is -10.1. The van der Waals surface area contributed by atoms with E-state index in [1.54, 1.807) is 58.3 Å². The van der Waals surface area contributed by atoms with Gasteiger partial charge in [-0.2, -0.15) is 26.3 Å². The maximum atomic E-state index is 15.2. The molecule has 0 aliphatic carbocycles. The minimum Gasteiger partial charge on any atom is -0.467 e. The summed E-state index contributed by atoms with van der Waals surface area (Å²) in [5.41, 5.74) is -5.14. The van der Waals surface area contributed by atoms with Crippen LogP contribution < -0.4 is 31.6 Å². The standard InChI is InChI=1S/2C34H32F5N3O5/c2*1-18-13-25(34(37,38)39)29(32(44)41(18)3)24-10-9-20(22-7-5-6-8-23(22)24)14-28(33(45)46-4)40-31(43)30-26(35)15-21(16-27(30)36)42-11-12-47-17-19(42)2/h2*5-10,13,15-16,19,28H,11-12,14,17H2,1-4H3,(H,40,43)/t2*19-,28-/m00/s1. The third kappa shape index (κ3) is 14.2. The molecule has 16 nitrogen and oxygen atoms in total. The molecule has 10 rings (SSSR count). The predicted molar refractivity (Wildman–Crippen MR) is 331 cm³/mol. The number of hydrogen-bond donors (Lipinski definition) is 2. The molecular formula is C68H64F10N6O10. The molecule has 4 heterocycles. The number of rotatable bonds is 14. The van der Waals surface area contributed by atoms with Crippen LogP contribution in [0.15, 0.2) is 119 Å². The highest BCUT2D eigenvalue weighted by Crippen LogP contribution is 2.41. The summed E-state index contributed by atoms with van der Waals surface area (Å²) < 4.78 is 169. The maximum absolute atomic E-state index is 15.2. The molecule has 2 amide bonds. The zero-order chi connectivity index (χ0) is 68.4. The molecule has 2 fully saturated rings. The van der Waals surface area contributed by atoms with Crippen LogP contribution in [-0.4, -0.2) is 111 Å². The first-order valence-corrected chi connectivity index (χ1v) is 29.5. The molecule has 2 saturated heterocycles. The average molecular weight is 1320 g/mol. The van der Waals surface area contributed by atoms with Gasteiger partial charge < -0.3 is 48.5 Å². The van der Waals surface area contributed by atoms with Crippen LogP contribution >= 0.6 is 0 Å². The Hall–Kier alpha value is -9.56. The highest BCUT2D eigenvalue weighted by Gasteiger charge is 2.39. The van der Waals surface area contributed by atoms with Crippen molar-refractivity contribution in [3.05, 3.63) is 198 Å². The molecule has 94 heavy (non-hydrogen) atoms. The van der Waals surface area contributed by atoms with E-state index in [0.717, 1.165) is 59.8 Å². The molecule has 4 atom stereocenters. The van der Waals surface area contributed by atoms with Crippen LogP contribution in [0.5, 0.6) is 0 Å². The summed E-state index contributed by atoms with van der Waals surface area (Å²) in [6.45, 7) is 8.76. The lowest BCUT2D eigenvalue weighted by molar-refractivity contribution is -0.143. The Bertz CT molecular complexity index is 4080. The summed E-state index contributed by atoms with van der Waals surface area (Å²) in [4.78, 5) is 82.0. The Morgan fingerprint density at radius 2 is 0.862 bits per heavy atom. The third-order valence-corrected chi connectivity index (χ3v) is 16.9. The lowest BCUT2D eigenvalue weighted by Gasteiger charge is -2.35. The monoisotopic (exact) mass is 1310 g/mol. The number of methoxy groups -OCH3 is 2. The summed E-state index contributed by atoms with van der Waals surface area (Å²) in [5.74, 6) is -8.75. The number of benzene rings is 6. The van der Waals surface area contributed by atoms with Crippen LogP contribution in [0.1, 0.15) is 68.2 Å². The van der Waals surface area contributed by atoms with Crippen molar-refractivity contribution in [1.82, 2.24) is 19.8 Å². The largest absolute Gasteiger partial charge is 0.467 e. The predicted octanol–water partition coefficient (Wildman–Crippen LogP) is 11.1. The fraction of sp³-hybridized carbons (Fsp3) is 0.324. The number of hydrogen-bond acceptors (Lipinski definition) is 12. The van der Waals surface area contributed by atoms with E-state index >= 15 is 17.6 Å². The Labute approximate surface area is 531 Å². The molecule has 2 aliphatic heterocycles. The van der Waals surface area contributed by atoms with Gasteiger partial charge >= 0.3 is 24.3 Å². The number of morpholine rings is 2. The molecule has 496 valence electrons. The molecule has 0 saturated carbocycles. The van der Waals surface area contributed by atoms with Gasteiger partial charge in [-0.15, -0.1) is 0 Å². The number of carbonyl (C=O) groups is 4. The second kappa shape index (κ2) is 28.0. The molecule has 6 aromatic carbocycles. The van der Waals surface area contributed by atoms with Crippen LogP contribution in [0, 0.1) is 37.1 Å². The number of anilines is 2. The molecule has 8 aromatic rings. The van der Waals surface area contributed by atoms with E-state index in [0.29, 0.717) is 61.4 Å². The number of amides is 2. The van der Waals surface area contributed by atoms with Gasteiger partial charge in [0.25, 0.3) is 22.9 Å². The first kappa shape index (κ1) is 68.8. The van der Waals surface area contributed by atoms with Gasteiger partial charge in [0.1, 0.15) is 46.5 Å². The van der Waals surface area contributed by atoms with Crippen molar-refractivity contribution >= 4 is 56.7 Å². The minimum atomic E-state index is -4.82. The van der Waals surface area contributed by atoms with Gasteiger partial charge in [-0.1, -0.05) is 72.8 Å². The average Bonchev–Trinajstić information content (AvgIpc) is 0.760. The number of pyridine rings is 2. The Kier molecular flexibility index (Phi) is 20.5. The van der Waals surface area contributed by atoms with E-state index in [4.69, 9.17) is 18.9 Å². The number of fused-ring (bicyclic) bond motifs is 2. The van der Waals surface area contributed by atoms with Crippen molar-refractivity contribution in [1.29, 1.82) is 0 Å². The fourth-order valence-electron chi connectivity index (χ4n) is 11.8. The van der Waals surface area contributed by atoms with Crippen molar-refractivity contribution in [2.75, 3.05) is 63.5 Å². The van der Waals surface area contributed by atoms with Gasteiger partial charge in [0.15, 0.2) is 0 Å². The van der Waals surface area contributed by atoms with Gasteiger partial charge in [-0.25, -0.2) is 27.2 Å². The quantitative estimate of drug-likeness (QED) is 0.0778. The lowest BCUT2D eigenvalue weighted by atomic mass is 9.90. The zero-order valence-electron chi connectivity index (χ0n) is 52.0. The summed E-state index contributed by atoms with van der Waals surface area (Å²) in [7, 11) is 4.91. The summed E-state index contributed by atoms with van der Waals surface area (Å²) in [6, 6.07) is 21.1. The fourth-order valence-corrected chi connectivity index (χ4v) is 11.8. The topological polar surface area (TPSA) is 180 Å². The van der Waals surface area contributed by atoms with E-state index in [1.807, 2.05) is 13.8 Å². The normalized spacial score (nSPS) is 15.9. The molecule has 2 N–H and O–H groups in total. The van der Waals surface area contributed by atoms with E-state index < -0.39 is 116 Å². The highest BCUT2D eigenvalue weighted by atomic mass is 19.4.